The van der Waals surface area contributed by atoms with E-state index in [2.05, 4.69) is 6.08 Å². The molecule has 1 aliphatic carbocycles. The summed E-state index contributed by atoms with van der Waals surface area (Å²) in [4.78, 5) is 26.8. The molecule has 1 heterocycles. The van der Waals surface area contributed by atoms with Crippen LogP contribution in [-0.4, -0.2) is 63.7 Å². The van der Waals surface area contributed by atoms with Crippen molar-refractivity contribution in [2.75, 3.05) is 19.6 Å². The fourth-order valence-corrected chi connectivity index (χ4v) is 3.01. The van der Waals surface area contributed by atoms with Gasteiger partial charge in [-0.2, -0.15) is 0 Å². The molecule has 1 aliphatic heterocycles. The van der Waals surface area contributed by atoms with Gasteiger partial charge in [0.15, 0.2) is 0 Å². The van der Waals surface area contributed by atoms with Gasteiger partial charge in [-0.3, -0.25) is 14.5 Å². The van der Waals surface area contributed by atoms with Crippen molar-refractivity contribution in [2.45, 2.75) is 44.8 Å². The van der Waals surface area contributed by atoms with Gasteiger partial charge in [0.1, 0.15) is 6.04 Å². The second-order valence-corrected chi connectivity index (χ2v) is 5.40. The van der Waals surface area contributed by atoms with E-state index >= 15 is 0 Å². The standard InChI is InChI=1S/C14H22N2O4/c1-2-16(10-5-3-4-6-10)13(18)9-15-8-11(17)7-12(15)14(19)20/h5,11-12,17H,2-4,6-9H2,1H3,(H,19,20). The molecule has 1 fully saturated rings. The highest BCUT2D eigenvalue weighted by atomic mass is 16.4. The van der Waals surface area contributed by atoms with Gasteiger partial charge in [-0.05, 0) is 26.2 Å². The van der Waals surface area contributed by atoms with E-state index in [0.29, 0.717) is 6.54 Å². The molecular weight excluding hydrogens is 260 g/mol. The number of rotatable bonds is 5. The average molecular weight is 282 g/mol. The molecule has 0 aromatic rings. The summed E-state index contributed by atoms with van der Waals surface area (Å²) in [7, 11) is 0. The third-order valence-electron chi connectivity index (χ3n) is 3.99. The lowest BCUT2D eigenvalue weighted by molar-refractivity contribution is -0.143. The first kappa shape index (κ1) is 15.0. The summed E-state index contributed by atoms with van der Waals surface area (Å²) in [5.41, 5.74) is 1.05. The molecule has 1 amide bonds. The Balaban J connectivity index is 2.00. The first-order chi connectivity index (χ1) is 9.52. The molecule has 20 heavy (non-hydrogen) atoms. The number of aliphatic hydroxyl groups is 1. The normalized spacial score (nSPS) is 26.6. The zero-order valence-corrected chi connectivity index (χ0v) is 11.8. The number of likely N-dealkylation sites (N-methyl/N-ethyl adjacent to an activating group) is 1. The van der Waals surface area contributed by atoms with Crippen molar-refractivity contribution in [2.24, 2.45) is 0 Å². The van der Waals surface area contributed by atoms with E-state index in [1.165, 1.54) is 0 Å². The number of aliphatic hydroxyl groups excluding tert-OH is 1. The monoisotopic (exact) mass is 282 g/mol. The summed E-state index contributed by atoms with van der Waals surface area (Å²) < 4.78 is 0. The van der Waals surface area contributed by atoms with Crippen LogP contribution in [0.25, 0.3) is 0 Å². The molecule has 1 saturated heterocycles. The van der Waals surface area contributed by atoms with Crippen molar-refractivity contribution in [3.8, 4) is 0 Å². The second kappa shape index (κ2) is 6.37. The highest BCUT2D eigenvalue weighted by molar-refractivity contribution is 5.81. The van der Waals surface area contributed by atoms with Crippen LogP contribution in [0.2, 0.25) is 0 Å². The van der Waals surface area contributed by atoms with Gasteiger partial charge < -0.3 is 15.1 Å². The van der Waals surface area contributed by atoms with Crippen LogP contribution in [0.15, 0.2) is 11.8 Å². The first-order valence-corrected chi connectivity index (χ1v) is 7.17. The topological polar surface area (TPSA) is 81.1 Å². The highest BCUT2D eigenvalue weighted by Crippen LogP contribution is 2.23. The number of hydrogen-bond acceptors (Lipinski definition) is 4. The van der Waals surface area contributed by atoms with Crippen molar-refractivity contribution in [3.63, 3.8) is 0 Å². The van der Waals surface area contributed by atoms with Crippen LogP contribution < -0.4 is 0 Å². The molecule has 0 saturated carbocycles. The number of carbonyl (C=O) groups is 2. The van der Waals surface area contributed by atoms with E-state index in [-0.39, 0.29) is 25.4 Å². The van der Waals surface area contributed by atoms with Crippen molar-refractivity contribution >= 4 is 11.9 Å². The minimum atomic E-state index is -0.975. The van der Waals surface area contributed by atoms with Crippen molar-refractivity contribution in [1.82, 2.24) is 9.80 Å². The van der Waals surface area contributed by atoms with Crippen molar-refractivity contribution in [1.29, 1.82) is 0 Å². The van der Waals surface area contributed by atoms with Gasteiger partial charge >= 0.3 is 5.97 Å². The summed E-state index contributed by atoms with van der Waals surface area (Å²) in [5.74, 6) is -1.06. The maximum atomic E-state index is 12.4. The third kappa shape index (κ3) is 3.19. The molecule has 2 N–H and O–H groups in total. The Labute approximate surface area is 118 Å². The Bertz CT molecular complexity index is 421. The van der Waals surface area contributed by atoms with Crippen LogP contribution >= 0.6 is 0 Å². The summed E-state index contributed by atoms with van der Waals surface area (Å²) >= 11 is 0. The molecule has 0 bridgehead atoms. The maximum Gasteiger partial charge on any atom is 0.321 e. The van der Waals surface area contributed by atoms with E-state index in [4.69, 9.17) is 5.11 Å². The largest absolute Gasteiger partial charge is 0.480 e. The number of likely N-dealkylation sites (tertiary alicyclic amines) is 1. The molecule has 6 heteroatoms. The van der Waals surface area contributed by atoms with Crippen LogP contribution in [0.1, 0.15) is 32.6 Å². The van der Waals surface area contributed by atoms with Crippen LogP contribution in [0.5, 0.6) is 0 Å². The minimum Gasteiger partial charge on any atom is -0.480 e. The van der Waals surface area contributed by atoms with Gasteiger partial charge in [-0.15, -0.1) is 0 Å². The number of carboxylic acids is 1. The lowest BCUT2D eigenvalue weighted by atomic mass is 10.2. The smallest absolute Gasteiger partial charge is 0.321 e. The van der Waals surface area contributed by atoms with Gasteiger partial charge in [0.2, 0.25) is 5.91 Å². The quantitative estimate of drug-likeness (QED) is 0.764. The van der Waals surface area contributed by atoms with Crippen LogP contribution in [0.4, 0.5) is 0 Å². The van der Waals surface area contributed by atoms with E-state index in [0.717, 1.165) is 25.0 Å². The Kier molecular flexibility index (Phi) is 4.77. The number of allylic oxidation sites excluding steroid dienone is 2. The number of carbonyl (C=O) groups excluding carboxylic acids is 1. The molecule has 0 spiro atoms. The molecule has 0 radical (unpaired) electrons. The van der Waals surface area contributed by atoms with E-state index in [1.807, 2.05) is 6.92 Å². The fourth-order valence-electron chi connectivity index (χ4n) is 3.01. The molecule has 2 atom stereocenters. The number of aliphatic carboxylic acids is 1. The van der Waals surface area contributed by atoms with E-state index < -0.39 is 18.1 Å². The molecule has 2 rings (SSSR count). The van der Waals surface area contributed by atoms with Gasteiger partial charge in [0.05, 0.1) is 12.6 Å². The molecular formula is C14H22N2O4. The third-order valence-corrected chi connectivity index (χ3v) is 3.99. The Morgan fingerprint density at radius 2 is 2.25 bits per heavy atom. The Morgan fingerprint density at radius 3 is 2.80 bits per heavy atom. The summed E-state index contributed by atoms with van der Waals surface area (Å²) in [6, 6.07) is -0.759. The molecule has 6 nitrogen and oxygen atoms in total. The predicted molar refractivity (Wildman–Crippen MR) is 72.9 cm³/mol. The Hall–Kier alpha value is -1.40. The number of hydrogen-bond donors (Lipinski definition) is 2. The van der Waals surface area contributed by atoms with Crippen molar-refractivity contribution < 1.29 is 19.8 Å². The molecule has 0 aromatic carbocycles. The van der Waals surface area contributed by atoms with E-state index in [1.54, 1.807) is 9.80 Å². The average Bonchev–Trinajstić information content (AvgIpc) is 3.00. The first-order valence-electron chi connectivity index (χ1n) is 7.17. The van der Waals surface area contributed by atoms with Gasteiger partial charge in [0.25, 0.3) is 0 Å². The van der Waals surface area contributed by atoms with E-state index in [9.17, 15) is 14.7 Å². The summed E-state index contributed by atoms with van der Waals surface area (Å²) in [6.45, 7) is 2.82. The minimum absolute atomic E-state index is 0.0548. The summed E-state index contributed by atoms with van der Waals surface area (Å²) in [5, 5.41) is 18.7. The highest BCUT2D eigenvalue weighted by Gasteiger charge is 2.37. The number of β-amino-alcohol motifs (C(OH)–C–C–N with tert-alkyl or cyclic N) is 1. The van der Waals surface area contributed by atoms with Crippen LogP contribution in [0.3, 0.4) is 0 Å². The zero-order chi connectivity index (χ0) is 14.7. The number of carboxylic acid groups (broad SMARTS) is 1. The van der Waals surface area contributed by atoms with Crippen molar-refractivity contribution in [3.05, 3.63) is 11.8 Å². The predicted octanol–water partition coefficient (Wildman–Crippen LogP) is 0.422. The molecule has 2 unspecified atom stereocenters. The van der Waals surface area contributed by atoms with Crippen LogP contribution in [0, 0.1) is 0 Å². The maximum absolute atomic E-state index is 12.4. The molecule has 2 aliphatic rings. The zero-order valence-electron chi connectivity index (χ0n) is 11.8. The fraction of sp³-hybridized carbons (Fsp3) is 0.714. The Morgan fingerprint density at radius 1 is 1.50 bits per heavy atom. The second-order valence-electron chi connectivity index (χ2n) is 5.40. The SMILES string of the molecule is CCN(C(=O)CN1CC(O)CC1C(=O)O)C1=CCCC1. The lowest BCUT2D eigenvalue weighted by Gasteiger charge is -2.27. The lowest BCUT2D eigenvalue weighted by Crippen LogP contribution is -2.44. The van der Waals surface area contributed by atoms with Gasteiger partial charge in [-0.1, -0.05) is 6.08 Å². The number of nitrogens with zero attached hydrogens (tertiary/aromatic N) is 2. The summed E-state index contributed by atoms with van der Waals surface area (Å²) in [6.07, 6.45) is 4.58. The van der Waals surface area contributed by atoms with Crippen LogP contribution in [-0.2, 0) is 9.59 Å². The molecule has 112 valence electrons. The number of amides is 1. The van der Waals surface area contributed by atoms with Gasteiger partial charge in [0, 0.05) is 25.2 Å². The van der Waals surface area contributed by atoms with Gasteiger partial charge in [-0.25, -0.2) is 0 Å². The molecule has 0 aromatic heterocycles.